The lowest BCUT2D eigenvalue weighted by atomic mass is 10.2. The van der Waals surface area contributed by atoms with Crippen LogP contribution in [0.3, 0.4) is 0 Å². The molecule has 1 saturated heterocycles. The molecule has 13 heteroatoms. The number of ether oxygens (including phenoxy) is 2. The molecule has 1 fully saturated rings. The first kappa shape index (κ1) is 34.1. The van der Waals surface area contributed by atoms with E-state index in [1.54, 1.807) is 44.4 Å². The van der Waals surface area contributed by atoms with Gasteiger partial charge in [0.25, 0.3) is 15.9 Å². The minimum Gasteiger partial charge on any atom is -0.493 e. The van der Waals surface area contributed by atoms with Crippen molar-refractivity contribution in [2.75, 3.05) is 62.7 Å². The minimum atomic E-state index is -4.02. The summed E-state index contributed by atoms with van der Waals surface area (Å²) in [6.07, 6.45) is 2.11. The average molecular weight is 684 g/mol. The van der Waals surface area contributed by atoms with Crippen LogP contribution >= 0.6 is 23.5 Å². The summed E-state index contributed by atoms with van der Waals surface area (Å²) >= 11 is 3.83. The second-order valence-electron chi connectivity index (χ2n) is 11.1. The van der Waals surface area contributed by atoms with E-state index >= 15 is 0 Å². The predicted octanol–water partition coefficient (Wildman–Crippen LogP) is 5.17. The van der Waals surface area contributed by atoms with E-state index in [1.165, 1.54) is 11.8 Å². The number of aryl methyl sites for hydroxylation is 1. The Labute approximate surface area is 279 Å². The molecule has 46 heavy (non-hydrogen) atoms. The van der Waals surface area contributed by atoms with Gasteiger partial charge in [0.15, 0.2) is 5.03 Å². The van der Waals surface area contributed by atoms with Crippen LogP contribution in [0.5, 0.6) is 5.75 Å². The van der Waals surface area contributed by atoms with E-state index in [-0.39, 0.29) is 21.9 Å². The van der Waals surface area contributed by atoms with Crippen molar-refractivity contribution in [3.63, 3.8) is 0 Å². The lowest BCUT2D eigenvalue weighted by Crippen LogP contribution is -2.42. The van der Waals surface area contributed by atoms with E-state index < -0.39 is 10.0 Å². The van der Waals surface area contributed by atoms with Crippen LogP contribution < -0.4 is 14.8 Å². The van der Waals surface area contributed by atoms with E-state index in [4.69, 9.17) is 9.47 Å². The van der Waals surface area contributed by atoms with Crippen LogP contribution in [0.25, 0.3) is 10.9 Å². The number of anilines is 1. The molecule has 0 radical (unpaired) electrons. The molecule has 1 unspecified atom stereocenters. The number of hydrogen-bond acceptors (Lipinski definition) is 9. The Hall–Kier alpha value is -3.23. The Balaban J connectivity index is 1.35. The van der Waals surface area contributed by atoms with E-state index in [9.17, 15) is 13.2 Å². The van der Waals surface area contributed by atoms with Gasteiger partial charge in [-0.1, -0.05) is 36.4 Å². The maximum absolute atomic E-state index is 13.5. The largest absolute Gasteiger partial charge is 0.493 e. The molecule has 1 aliphatic heterocycles. The minimum absolute atomic E-state index is 0.0644. The summed E-state index contributed by atoms with van der Waals surface area (Å²) in [5.74, 6) is 3.33. The number of hydrogen-bond donors (Lipinski definition) is 3. The molecular weight excluding hydrogens is 643 g/mol. The molecule has 0 spiro atoms. The van der Waals surface area contributed by atoms with Crippen LogP contribution in [0.2, 0.25) is 0 Å². The second-order valence-corrected chi connectivity index (χ2v) is 15.2. The molecule has 2 aromatic carbocycles. The zero-order chi connectivity index (χ0) is 32.4. The number of amides is 1. The molecule has 1 amide bonds. The van der Waals surface area contributed by atoms with Gasteiger partial charge in [0.05, 0.1) is 17.8 Å². The van der Waals surface area contributed by atoms with Gasteiger partial charge >= 0.3 is 0 Å². The molecule has 0 bridgehead atoms. The summed E-state index contributed by atoms with van der Waals surface area (Å²) in [5, 5.41) is 3.91. The molecule has 1 atom stereocenters. The highest BCUT2D eigenvalue weighted by Crippen LogP contribution is 2.32. The van der Waals surface area contributed by atoms with Gasteiger partial charge in [-0.2, -0.15) is 31.9 Å². The predicted molar refractivity (Wildman–Crippen MR) is 188 cm³/mol. The molecule has 10 nitrogen and oxygen atoms in total. The van der Waals surface area contributed by atoms with Gasteiger partial charge in [-0.15, -0.1) is 0 Å². The Morgan fingerprint density at radius 1 is 1.11 bits per heavy atom. The molecule has 2 aromatic heterocycles. The van der Waals surface area contributed by atoms with Gasteiger partial charge in [-0.3, -0.25) is 9.52 Å². The van der Waals surface area contributed by atoms with Crippen molar-refractivity contribution in [3.8, 4) is 5.75 Å². The topological polar surface area (TPSA) is 126 Å². The molecule has 3 heterocycles. The van der Waals surface area contributed by atoms with Crippen molar-refractivity contribution in [2.24, 2.45) is 0 Å². The van der Waals surface area contributed by atoms with E-state index in [1.807, 2.05) is 41.7 Å². The molecule has 0 aliphatic carbocycles. The fraction of sp³-hybridized carbons (Fsp3) is 0.394. The maximum Gasteiger partial charge on any atom is 0.279 e. The van der Waals surface area contributed by atoms with Gasteiger partial charge < -0.3 is 24.7 Å². The Kier molecular flexibility index (Phi) is 12.3. The number of thioether (sulfide) groups is 2. The fourth-order valence-electron chi connectivity index (χ4n) is 5.18. The second kappa shape index (κ2) is 16.6. The highest BCUT2D eigenvalue weighted by molar-refractivity contribution is 7.99. The van der Waals surface area contributed by atoms with Crippen LogP contribution in [-0.4, -0.2) is 92.5 Å². The fourth-order valence-corrected chi connectivity index (χ4v) is 8.54. The lowest BCUT2D eigenvalue weighted by Gasteiger charge is -2.30. The highest BCUT2D eigenvalue weighted by Gasteiger charge is 2.23. The molecule has 4 aromatic rings. The zero-order valence-corrected chi connectivity index (χ0v) is 28.6. The highest BCUT2D eigenvalue weighted by atomic mass is 32.2. The molecule has 3 N–H and O–H groups in total. The quantitative estimate of drug-likeness (QED) is 0.137. The number of carbonyl (C=O) groups is 1. The van der Waals surface area contributed by atoms with E-state index in [0.717, 1.165) is 36.9 Å². The Morgan fingerprint density at radius 3 is 2.67 bits per heavy atom. The maximum atomic E-state index is 13.5. The molecule has 246 valence electrons. The Bertz CT molecular complexity index is 1690. The number of nitrogens with one attached hydrogen (secondary N) is 3. The number of nitrogens with zero attached hydrogens (tertiary/aromatic N) is 2. The SMILES string of the molecule is COCCCOc1cc(NS(=O)(=O)c2ncccc2C)c2[nH]c(C(=O)NCC(CN3CCSCC3)SCc3ccccc3)cc2c1. The van der Waals surface area contributed by atoms with Crippen molar-refractivity contribution in [1.29, 1.82) is 0 Å². The van der Waals surface area contributed by atoms with Gasteiger partial charge in [-0.05, 0) is 36.2 Å². The number of methoxy groups -OCH3 is 1. The number of aromatic nitrogens is 2. The van der Waals surface area contributed by atoms with Crippen LogP contribution in [0, 0.1) is 6.92 Å². The standard InChI is InChI=1S/C33H41N5O5S3/c1-24-8-6-11-34-33(24)46(40,41)37-29-20-27(43-15-7-14-42-2)18-26-19-30(36-31(26)29)32(39)35-21-28(22-38-12-16-44-17-13-38)45-23-25-9-4-3-5-10-25/h3-6,8-11,18-20,28,36-37H,7,12-17,21-23H2,1-2H3,(H,35,39). The van der Waals surface area contributed by atoms with E-state index in [2.05, 4.69) is 37.0 Å². The number of fused-ring (bicyclic) bond motifs is 1. The third-order valence-corrected chi connectivity index (χ3v) is 11.2. The first-order valence-corrected chi connectivity index (χ1v) is 19.0. The van der Waals surface area contributed by atoms with Crippen molar-refractivity contribution in [2.45, 2.75) is 29.4 Å². The zero-order valence-electron chi connectivity index (χ0n) is 26.2. The number of rotatable bonds is 16. The molecule has 0 saturated carbocycles. The Morgan fingerprint density at radius 2 is 1.91 bits per heavy atom. The van der Waals surface area contributed by atoms with Crippen LogP contribution in [0.4, 0.5) is 5.69 Å². The molecular formula is C33H41N5O5S3. The lowest BCUT2D eigenvalue weighted by molar-refractivity contribution is 0.0948. The van der Waals surface area contributed by atoms with Gasteiger partial charge in [0.2, 0.25) is 0 Å². The normalized spacial score (nSPS) is 14.7. The first-order valence-electron chi connectivity index (χ1n) is 15.3. The third-order valence-electron chi connectivity index (χ3n) is 7.55. The number of pyridine rings is 1. The van der Waals surface area contributed by atoms with Gasteiger partial charge in [0, 0.05) is 86.5 Å². The summed E-state index contributed by atoms with van der Waals surface area (Å²) in [7, 11) is -2.40. The summed E-state index contributed by atoms with van der Waals surface area (Å²) in [6, 6.07) is 18.9. The van der Waals surface area contributed by atoms with Crippen molar-refractivity contribution in [3.05, 3.63) is 83.7 Å². The van der Waals surface area contributed by atoms with Gasteiger partial charge in [0.1, 0.15) is 11.4 Å². The monoisotopic (exact) mass is 683 g/mol. The average Bonchev–Trinajstić information content (AvgIpc) is 3.50. The third kappa shape index (κ3) is 9.41. The van der Waals surface area contributed by atoms with Crippen molar-refractivity contribution >= 4 is 56.0 Å². The number of benzene rings is 2. The van der Waals surface area contributed by atoms with E-state index in [0.29, 0.717) is 54.1 Å². The summed E-state index contributed by atoms with van der Waals surface area (Å²) in [4.78, 5) is 23.2. The van der Waals surface area contributed by atoms with Crippen molar-refractivity contribution in [1.82, 2.24) is 20.2 Å². The summed E-state index contributed by atoms with van der Waals surface area (Å²) in [6.45, 7) is 6.12. The summed E-state index contributed by atoms with van der Waals surface area (Å²) in [5.41, 5.74) is 2.86. The first-order chi connectivity index (χ1) is 22.3. The van der Waals surface area contributed by atoms with Crippen LogP contribution in [0.1, 0.15) is 28.0 Å². The van der Waals surface area contributed by atoms with Crippen LogP contribution in [0.15, 0.2) is 71.9 Å². The van der Waals surface area contributed by atoms with Crippen molar-refractivity contribution < 1.29 is 22.7 Å². The van der Waals surface area contributed by atoms with Crippen LogP contribution in [-0.2, 0) is 20.5 Å². The number of aromatic amines is 1. The van der Waals surface area contributed by atoms with Gasteiger partial charge in [-0.25, -0.2) is 4.98 Å². The number of carbonyl (C=O) groups excluding carboxylic acids is 1. The molecule has 5 rings (SSSR count). The number of sulfonamides is 1. The smallest absolute Gasteiger partial charge is 0.279 e. The summed E-state index contributed by atoms with van der Waals surface area (Å²) < 4.78 is 40.5. The number of H-pyrrole nitrogens is 1. The molecule has 1 aliphatic rings.